The number of rotatable bonds is 5. The van der Waals surface area contributed by atoms with Gasteiger partial charge in [-0.3, -0.25) is 0 Å². The van der Waals surface area contributed by atoms with E-state index in [1.165, 1.54) is 5.56 Å². The van der Waals surface area contributed by atoms with Crippen molar-refractivity contribution in [3.05, 3.63) is 76.0 Å². The lowest BCUT2D eigenvalue weighted by molar-refractivity contribution is 0.0471. The highest BCUT2D eigenvalue weighted by molar-refractivity contribution is 6.33. The smallest absolute Gasteiger partial charge is 0.344 e. The molecular formula is C21H20ClNO3. The Labute approximate surface area is 157 Å². The van der Waals surface area contributed by atoms with E-state index in [0.717, 1.165) is 5.56 Å². The number of aryl methyl sites for hydroxylation is 1. The third-order valence-electron chi connectivity index (χ3n) is 4.21. The minimum atomic E-state index is -0.480. The Kier molecular flexibility index (Phi) is 5.43. The Balaban J connectivity index is 1.78. The molecule has 0 amide bonds. The summed E-state index contributed by atoms with van der Waals surface area (Å²) in [7, 11) is 0. The van der Waals surface area contributed by atoms with E-state index in [4.69, 9.17) is 20.9 Å². The van der Waals surface area contributed by atoms with Crippen molar-refractivity contribution in [2.24, 2.45) is 0 Å². The number of carbonyl (C=O) groups excluding carboxylic acids is 1. The molecule has 0 aliphatic carbocycles. The van der Waals surface area contributed by atoms with E-state index in [1.54, 1.807) is 19.1 Å². The van der Waals surface area contributed by atoms with Crippen LogP contribution in [0.4, 0.5) is 0 Å². The molecule has 0 unspecified atom stereocenters. The second kappa shape index (κ2) is 7.75. The van der Waals surface area contributed by atoms with E-state index in [9.17, 15) is 4.79 Å². The SMILES string of the molecule is Cc1onc(-c2ccccc2Cl)c1C(=O)OCc1ccc(C(C)C)cc1. The van der Waals surface area contributed by atoms with Crippen LogP contribution in [0.1, 0.15) is 47.0 Å². The van der Waals surface area contributed by atoms with Gasteiger partial charge in [0.05, 0.1) is 5.02 Å². The minimum absolute atomic E-state index is 0.184. The third-order valence-corrected chi connectivity index (χ3v) is 4.54. The molecule has 0 atom stereocenters. The fourth-order valence-electron chi connectivity index (χ4n) is 2.67. The maximum atomic E-state index is 12.6. The van der Waals surface area contributed by atoms with E-state index in [2.05, 4.69) is 19.0 Å². The van der Waals surface area contributed by atoms with Crippen LogP contribution in [0.5, 0.6) is 0 Å². The van der Waals surface area contributed by atoms with Gasteiger partial charge >= 0.3 is 5.97 Å². The molecule has 26 heavy (non-hydrogen) atoms. The van der Waals surface area contributed by atoms with Crippen molar-refractivity contribution in [2.75, 3.05) is 0 Å². The van der Waals surface area contributed by atoms with Gasteiger partial charge in [-0.15, -0.1) is 0 Å². The van der Waals surface area contributed by atoms with Crippen LogP contribution < -0.4 is 0 Å². The number of nitrogens with zero attached hydrogens (tertiary/aromatic N) is 1. The zero-order chi connectivity index (χ0) is 18.7. The number of esters is 1. The van der Waals surface area contributed by atoms with Gasteiger partial charge in [-0.1, -0.05) is 73.1 Å². The molecule has 0 saturated heterocycles. The summed E-state index contributed by atoms with van der Waals surface area (Å²) in [6.45, 7) is 6.14. The average Bonchev–Trinajstić information content (AvgIpc) is 3.02. The second-order valence-corrected chi connectivity index (χ2v) is 6.82. The lowest BCUT2D eigenvalue weighted by atomic mass is 10.0. The van der Waals surface area contributed by atoms with Gasteiger partial charge in [0.1, 0.15) is 23.6 Å². The maximum absolute atomic E-state index is 12.6. The predicted octanol–water partition coefficient (Wildman–Crippen LogP) is 5.78. The molecule has 0 aliphatic rings. The Morgan fingerprint density at radius 1 is 1.15 bits per heavy atom. The molecule has 1 aromatic heterocycles. The summed E-state index contributed by atoms with van der Waals surface area (Å²) in [6.07, 6.45) is 0. The summed E-state index contributed by atoms with van der Waals surface area (Å²) < 4.78 is 10.7. The van der Waals surface area contributed by atoms with Gasteiger partial charge in [0.25, 0.3) is 0 Å². The third kappa shape index (κ3) is 3.81. The quantitative estimate of drug-likeness (QED) is 0.534. The molecule has 0 fully saturated rings. The van der Waals surface area contributed by atoms with Gasteiger partial charge in [-0.25, -0.2) is 4.79 Å². The number of carbonyl (C=O) groups is 1. The molecule has 0 spiro atoms. The van der Waals surface area contributed by atoms with Crippen LogP contribution in [-0.4, -0.2) is 11.1 Å². The molecular weight excluding hydrogens is 350 g/mol. The normalized spacial score (nSPS) is 11.0. The van der Waals surface area contributed by atoms with Crippen molar-refractivity contribution < 1.29 is 14.1 Å². The Morgan fingerprint density at radius 3 is 2.50 bits per heavy atom. The van der Waals surface area contributed by atoms with Crippen LogP contribution in [0.3, 0.4) is 0 Å². The number of hydrogen-bond donors (Lipinski definition) is 0. The van der Waals surface area contributed by atoms with Crippen molar-refractivity contribution in [3.8, 4) is 11.3 Å². The van der Waals surface area contributed by atoms with Gasteiger partial charge in [-0.05, 0) is 30.0 Å². The fraction of sp³-hybridized carbons (Fsp3) is 0.238. The number of hydrogen-bond acceptors (Lipinski definition) is 4. The predicted molar refractivity (Wildman–Crippen MR) is 101 cm³/mol. The second-order valence-electron chi connectivity index (χ2n) is 6.41. The van der Waals surface area contributed by atoms with Crippen molar-refractivity contribution in [1.82, 2.24) is 5.16 Å². The summed E-state index contributed by atoms with van der Waals surface area (Å²) in [5.74, 6) is 0.385. The average molecular weight is 370 g/mol. The molecule has 0 saturated carbocycles. The number of benzene rings is 2. The first kappa shape index (κ1) is 18.2. The fourth-order valence-corrected chi connectivity index (χ4v) is 2.89. The molecule has 134 valence electrons. The van der Waals surface area contributed by atoms with Crippen LogP contribution >= 0.6 is 11.6 Å². The van der Waals surface area contributed by atoms with Crippen LogP contribution in [0, 0.1) is 6.92 Å². The number of aromatic nitrogens is 1. The minimum Gasteiger partial charge on any atom is -0.457 e. The van der Waals surface area contributed by atoms with Crippen LogP contribution in [0.25, 0.3) is 11.3 Å². The van der Waals surface area contributed by atoms with Gasteiger partial charge in [0, 0.05) is 5.56 Å². The standard InChI is InChI=1S/C21H20ClNO3/c1-13(2)16-10-8-15(9-11-16)12-25-21(24)19-14(3)26-23-20(19)17-6-4-5-7-18(17)22/h4-11,13H,12H2,1-3H3. The van der Waals surface area contributed by atoms with E-state index in [0.29, 0.717) is 33.5 Å². The highest BCUT2D eigenvalue weighted by Crippen LogP contribution is 2.31. The zero-order valence-electron chi connectivity index (χ0n) is 15.0. The summed E-state index contributed by atoms with van der Waals surface area (Å²) in [5, 5.41) is 4.49. The lowest BCUT2D eigenvalue weighted by Gasteiger charge is -2.08. The van der Waals surface area contributed by atoms with Crippen molar-refractivity contribution in [3.63, 3.8) is 0 Å². The molecule has 0 bridgehead atoms. The van der Waals surface area contributed by atoms with Crippen molar-refractivity contribution in [2.45, 2.75) is 33.3 Å². The van der Waals surface area contributed by atoms with Crippen LogP contribution in [0.15, 0.2) is 53.1 Å². The van der Waals surface area contributed by atoms with E-state index >= 15 is 0 Å². The Morgan fingerprint density at radius 2 is 1.85 bits per heavy atom. The van der Waals surface area contributed by atoms with Gasteiger partial charge in [0.15, 0.2) is 0 Å². The van der Waals surface area contributed by atoms with Crippen molar-refractivity contribution >= 4 is 17.6 Å². The molecule has 2 aromatic carbocycles. The molecule has 1 heterocycles. The summed E-state index contributed by atoms with van der Waals surface area (Å²) in [4.78, 5) is 12.6. The number of halogens is 1. The first-order chi connectivity index (χ1) is 12.5. The molecule has 3 aromatic rings. The van der Waals surface area contributed by atoms with Crippen LogP contribution in [-0.2, 0) is 11.3 Å². The topological polar surface area (TPSA) is 52.3 Å². The maximum Gasteiger partial charge on any atom is 0.344 e. The molecule has 0 radical (unpaired) electrons. The summed E-state index contributed by atoms with van der Waals surface area (Å²) >= 11 is 6.22. The number of ether oxygens (including phenoxy) is 1. The Bertz CT molecular complexity index is 913. The van der Waals surface area contributed by atoms with E-state index in [-0.39, 0.29) is 6.61 Å². The monoisotopic (exact) mass is 369 g/mol. The van der Waals surface area contributed by atoms with Crippen molar-refractivity contribution in [1.29, 1.82) is 0 Å². The Hall–Kier alpha value is -2.59. The highest BCUT2D eigenvalue weighted by atomic mass is 35.5. The van der Waals surface area contributed by atoms with Crippen LogP contribution in [0.2, 0.25) is 5.02 Å². The van der Waals surface area contributed by atoms with Gasteiger partial charge < -0.3 is 9.26 Å². The summed E-state index contributed by atoms with van der Waals surface area (Å²) in [6, 6.07) is 15.2. The van der Waals surface area contributed by atoms with Gasteiger partial charge in [-0.2, -0.15) is 0 Å². The first-order valence-corrected chi connectivity index (χ1v) is 8.82. The van der Waals surface area contributed by atoms with Gasteiger partial charge in [0.2, 0.25) is 0 Å². The van der Waals surface area contributed by atoms with E-state index in [1.807, 2.05) is 36.4 Å². The summed E-state index contributed by atoms with van der Waals surface area (Å²) in [5.41, 5.74) is 3.51. The molecule has 5 heteroatoms. The zero-order valence-corrected chi connectivity index (χ0v) is 15.7. The molecule has 0 N–H and O–H groups in total. The largest absolute Gasteiger partial charge is 0.457 e. The van der Waals surface area contributed by atoms with E-state index < -0.39 is 5.97 Å². The molecule has 4 nitrogen and oxygen atoms in total. The highest BCUT2D eigenvalue weighted by Gasteiger charge is 2.24. The lowest BCUT2D eigenvalue weighted by Crippen LogP contribution is -2.07. The molecule has 0 aliphatic heterocycles. The first-order valence-electron chi connectivity index (χ1n) is 8.44. The molecule has 3 rings (SSSR count).